The van der Waals surface area contributed by atoms with Crippen LogP contribution in [0.3, 0.4) is 0 Å². The number of urea groups is 1. The van der Waals surface area contributed by atoms with Crippen molar-refractivity contribution in [2.75, 3.05) is 11.4 Å². The smallest absolute Gasteiger partial charge is 0.337 e. The quantitative estimate of drug-likeness (QED) is 0.868. The average molecular weight is 285 g/mol. The number of carboxylic acids is 1. The van der Waals surface area contributed by atoms with Crippen molar-refractivity contribution in [1.29, 1.82) is 0 Å². The highest BCUT2D eigenvalue weighted by Crippen LogP contribution is 2.25. The molecule has 106 valence electrons. The number of nitrogens with one attached hydrogen (secondary N) is 1. The van der Waals surface area contributed by atoms with Gasteiger partial charge in [-0.2, -0.15) is 0 Å². The highest BCUT2D eigenvalue weighted by atomic mass is 16.4. The molecule has 0 aliphatic carbocycles. The van der Waals surface area contributed by atoms with Crippen LogP contribution in [0.2, 0.25) is 0 Å². The molecule has 0 saturated carbocycles. The van der Waals surface area contributed by atoms with Gasteiger partial charge in [0.1, 0.15) is 0 Å². The molecular weight excluding hydrogens is 274 g/mol. The molecule has 1 aromatic carbocycles. The number of hydrogen-bond donors (Lipinski definition) is 2. The molecular formula is C14H11N3O4. The normalized spacial score (nSPS) is 15.1. The van der Waals surface area contributed by atoms with Crippen LogP contribution in [-0.4, -0.2) is 34.5 Å². The number of fused-ring (bicyclic) bond motifs is 1. The first-order chi connectivity index (χ1) is 10.1. The fraction of sp³-hybridized carbons (Fsp3) is 0.143. The first-order valence-corrected chi connectivity index (χ1v) is 6.28. The lowest BCUT2D eigenvalue weighted by atomic mass is 10.1. The van der Waals surface area contributed by atoms with Crippen molar-refractivity contribution < 1.29 is 19.5 Å². The third-order valence-corrected chi connectivity index (χ3v) is 3.34. The number of anilines is 1. The fourth-order valence-corrected chi connectivity index (χ4v) is 2.30. The number of carbonyl (C=O) groups excluding carboxylic acids is 2. The van der Waals surface area contributed by atoms with Crippen LogP contribution in [0.1, 0.15) is 16.8 Å². The van der Waals surface area contributed by atoms with Crippen LogP contribution in [0.15, 0.2) is 30.6 Å². The van der Waals surface area contributed by atoms with Crippen molar-refractivity contribution in [3.8, 4) is 0 Å². The van der Waals surface area contributed by atoms with E-state index in [1.807, 2.05) is 0 Å². The van der Waals surface area contributed by atoms with Crippen LogP contribution in [0.5, 0.6) is 0 Å². The van der Waals surface area contributed by atoms with Gasteiger partial charge in [-0.3, -0.25) is 20.0 Å². The second kappa shape index (κ2) is 4.86. The maximum absolute atomic E-state index is 11.8. The lowest BCUT2D eigenvalue weighted by Crippen LogP contribution is -2.49. The average Bonchev–Trinajstić information content (AvgIpc) is 2.46. The van der Waals surface area contributed by atoms with E-state index in [1.165, 1.54) is 11.1 Å². The van der Waals surface area contributed by atoms with Crippen molar-refractivity contribution in [3.05, 3.63) is 36.2 Å². The van der Waals surface area contributed by atoms with Gasteiger partial charge in [-0.25, -0.2) is 9.59 Å². The summed E-state index contributed by atoms with van der Waals surface area (Å²) < 4.78 is 0. The third kappa shape index (κ3) is 2.29. The molecule has 0 bridgehead atoms. The number of imide groups is 1. The number of carboxylic acid groups (broad SMARTS) is 1. The van der Waals surface area contributed by atoms with Gasteiger partial charge < -0.3 is 5.11 Å². The van der Waals surface area contributed by atoms with Gasteiger partial charge in [-0.15, -0.1) is 0 Å². The molecule has 2 heterocycles. The van der Waals surface area contributed by atoms with Crippen molar-refractivity contribution in [2.45, 2.75) is 6.42 Å². The molecule has 7 heteroatoms. The summed E-state index contributed by atoms with van der Waals surface area (Å²) in [4.78, 5) is 39.5. The minimum atomic E-state index is -1.08. The minimum absolute atomic E-state index is 0.0721. The zero-order valence-electron chi connectivity index (χ0n) is 10.9. The van der Waals surface area contributed by atoms with E-state index in [4.69, 9.17) is 0 Å². The van der Waals surface area contributed by atoms with Gasteiger partial charge in [0, 0.05) is 41.8 Å². The molecule has 7 nitrogen and oxygen atoms in total. The Labute approximate surface area is 119 Å². The van der Waals surface area contributed by atoms with Crippen LogP contribution in [0.25, 0.3) is 10.8 Å². The van der Waals surface area contributed by atoms with Crippen molar-refractivity contribution in [1.82, 2.24) is 10.3 Å². The molecule has 1 aromatic heterocycles. The summed E-state index contributed by atoms with van der Waals surface area (Å²) in [6.45, 7) is 0.268. The number of rotatable bonds is 2. The first kappa shape index (κ1) is 13.0. The molecule has 3 rings (SSSR count). The number of nitrogens with zero attached hydrogens (tertiary/aromatic N) is 2. The molecule has 2 N–H and O–H groups in total. The van der Waals surface area contributed by atoms with E-state index < -0.39 is 12.0 Å². The summed E-state index contributed by atoms with van der Waals surface area (Å²) in [5, 5.41) is 12.6. The van der Waals surface area contributed by atoms with Crippen LogP contribution >= 0.6 is 0 Å². The van der Waals surface area contributed by atoms with Gasteiger partial charge in [-0.05, 0) is 12.1 Å². The Hall–Kier alpha value is -2.96. The Kier molecular flexibility index (Phi) is 3.02. The first-order valence-electron chi connectivity index (χ1n) is 6.28. The maximum atomic E-state index is 11.8. The second-order valence-corrected chi connectivity index (χ2v) is 4.65. The Balaban J connectivity index is 2.08. The fourth-order valence-electron chi connectivity index (χ4n) is 2.30. The van der Waals surface area contributed by atoms with E-state index in [2.05, 4.69) is 10.3 Å². The van der Waals surface area contributed by atoms with Crippen LogP contribution in [0, 0.1) is 0 Å². The van der Waals surface area contributed by atoms with Crippen LogP contribution in [0.4, 0.5) is 10.5 Å². The molecule has 1 fully saturated rings. The lowest BCUT2D eigenvalue weighted by Gasteiger charge is -2.26. The number of amides is 3. The van der Waals surface area contributed by atoms with E-state index in [1.54, 1.807) is 24.4 Å². The molecule has 2 aromatic rings. The molecule has 1 aliphatic rings. The number of aromatic carboxylic acids is 1. The molecule has 0 radical (unpaired) electrons. The SMILES string of the molecule is O=C1CCN(c2ccc3cncc(C(=O)O)c3c2)C(=O)N1. The highest BCUT2D eigenvalue weighted by molar-refractivity contribution is 6.08. The minimum Gasteiger partial charge on any atom is -0.478 e. The molecule has 1 saturated heterocycles. The number of aromatic nitrogens is 1. The summed E-state index contributed by atoms with van der Waals surface area (Å²) in [5.41, 5.74) is 0.615. The zero-order valence-corrected chi connectivity index (χ0v) is 10.9. The standard InChI is InChI=1S/C14H11N3O4/c18-12-3-4-17(14(21)16-12)9-2-1-8-6-15-7-11(13(19)20)10(8)5-9/h1-2,5-7H,3-4H2,(H,19,20)(H,16,18,21). The number of pyridine rings is 1. The van der Waals surface area contributed by atoms with Gasteiger partial charge >= 0.3 is 12.0 Å². The molecule has 21 heavy (non-hydrogen) atoms. The van der Waals surface area contributed by atoms with Gasteiger partial charge in [0.25, 0.3) is 0 Å². The summed E-state index contributed by atoms with van der Waals surface area (Å²) >= 11 is 0. The Bertz CT molecular complexity index is 772. The Morgan fingerprint density at radius 1 is 1.29 bits per heavy atom. The molecule has 3 amide bonds. The van der Waals surface area contributed by atoms with E-state index in [0.717, 1.165) is 0 Å². The third-order valence-electron chi connectivity index (χ3n) is 3.34. The largest absolute Gasteiger partial charge is 0.478 e. The van der Waals surface area contributed by atoms with Crippen LogP contribution < -0.4 is 10.2 Å². The van der Waals surface area contributed by atoms with Crippen molar-refractivity contribution in [3.63, 3.8) is 0 Å². The molecule has 0 atom stereocenters. The van der Waals surface area contributed by atoms with Crippen LogP contribution in [-0.2, 0) is 4.79 Å². The maximum Gasteiger partial charge on any atom is 0.337 e. The number of hydrogen-bond acceptors (Lipinski definition) is 4. The van der Waals surface area contributed by atoms with E-state index in [0.29, 0.717) is 16.5 Å². The monoisotopic (exact) mass is 285 g/mol. The molecule has 0 spiro atoms. The predicted molar refractivity (Wildman–Crippen MR) is 74.2 cm³/mol. The summed E-state index contributed by atoms with van der Waals surface area (Å²) in [6, 6.07) is 4.52. The highest BCUT2D eigenvalue weighted by Gasteiger charge is 2.24. The zero-order chi connectivity index (χ0) is 15.0. The molecule has 1 aliphatic heterocycles. The number of benzene rings is 1. The molecule has 0 unspecified atom stereocenters. The summed E-state index contributed by atoms with van der Waals surface area (Å²) in [7, 11) is 0. The van der Waals surface area contributed by atoms with Gasteiger partial charge in [0.15, 0.2) is 0 Å². The number of carbonyl (C=O) groups is 3. The topological polar surface area (TPSA) is 99.6 Å². The Morgan fingerprint density at radius 3 is 2.81 bits per heavy atom. The second-order valence-electron chi connectivity index (χ2n) is 4.65. The van der Waals surface area contributed by atoms with E-state index in [-0.39, 0.29) is 24.4 Å². The lowest BCUT2D eigenvalue weighted by molar-refractivity contribution is -0.120. The van der Waals surface area contributed by atoms with Gasteiger partial charge in [-0.1, -0.05) is 6.07 Å². The van der Waals surface area contributed by atoms with Crippen molar-refractivity contribution in [2.24, 2.45) is 0 Å². The van der Waals surface area contributed by atoms with E-state index >= 15 is 0 Å². The van der Waals surface area contributed by atoms with Crippen molar-refractivity contribution >= 4 is 34.4 Å². The summed E-state index contributed by atoms with van der Waals surface area (Å²) in [5.74, 6) is -1.39. The van der Waals surface area contributed by atoms with Gasteiger partial charge in [0.05, 0.1) is 5.56 Å². The predicted octanol–water partition coefficient (Wildman–Crippen LogP) is 1.38. The van der Waals surface area contributed by atoms with Gasteiger partial charge in [0.2, 0.25) is 5.91 Å². The summed E-state index contributed by atoms with van der Waals surface area (Å²) in [6.07, 6.45) is 3.05. The van der Waals surface area contributed by atoms with E-state index in [9.17, 15) is 19.5 Å². The Morgan fingerprint density at radius 2 is 2.10 bits per heavy atom.